The van der Waals surface area contributed by atoms with E-state index in [1.165, 1.54) is 11.8 Å². The number of nitrogens with zero attached hydrogens (tertiary/aromatic N) is 1. The van der Waals surface area contributed by atoms with Gasteiger partial charge in [0, 0.05) is 37.9 Å². The Kier molecular flexibility index (Phi) is 7.04. The van der Waals surface area contributed by atoms with Gasteiger partial charge < -0.3 is 15.0 Å². The van der Waals surface area contributed by atoms with Crippen molar-refractivity contribution in [2.75, 3.05) is 32.1 Å². The van der Waals surface area contributed by atoms with Gasteiger partial charge in [0.15, 0.2) is 0 Å². The summed E-state index contributed by atoms with van der Waals surface area (Å²) in [7, 11) is 1.60. The molecule has 0 aliphatic carbocycles. The Labute approximate surface area is 123 Å². The molecular formula is C14H19ClN2O3. The van der Waals surface area contributed by atoms with Gasteiger partial charge in [-0.3, -0.25) is 9.59 Å². The number of nitrogens with one attached hydrogen (secondary N) is 1. The van der Waals surface area contributed by atoms with Crippen LogP contribution in [0.15, 0.2) is 24.3 Å². The molecule has 0 bridgehead atoms. The number of rotatable bonds is 7. The Balaban J connectivity index is 2.48. The van der Waals surface area contributed by atoms with Crippen LogP contribution in [0, 0.1) is 0 Å². The van der Waals surface area contributed by atoms with Crippen molar-refractivity contribution >= 4 is 29.1 Å². The average molecular weight is 299 g/mol. The quantitative estimate of drug-likeness (QED) is 0.785. The number of methoxy groups -OCH3 is 1. The van der Waals surface area contributed by atoms with Crippen molar-refractivity contribution in [3.05, 3.63) is 29.3 Å². The van der Waals surface area contributed by atoms with E-state index in [1.54, 1.807) is 31.4 Å². The van der Waals surface area contributed by atoms with Crippen molar-refractivity contribution in [2.45, 2.75) is 13.3 Å². The molecule has 0 spiro atoms. The lowest BCUT2D eigenvalue weighted by Crippen LogP contribution is -2.37. The lowest BCUT2D eigenvalue weighted by molar-refractivity contribution is -0.132. The second-order valence-corrected chi connectivity index (χ2v) is 4.78. The largest absolute Gasteiger partial charge is 0.385 e. The number of ether oxygens (including phenoxy) is 1. The summed E-state index contributed by atoms with van der Waals surface area (Å²) in [6.07, 6.45) is 0.699. The zero-order valence-electron chi connectivity index (χ0n) is 11.7. The Hall–Kier alpha value is -1.59. The van der Waals surface area contributed by atoms with Crippen LogP contribution in [-0.2, 0) is 14.3 Å². The maximum absolute atomic E-state index is 11.9. The summed E-state index contributed by atoms with van der Waals surface area (Å²) in [5.74, 6) is -0.368. The van der Waals surface area contributed by atoms with E-state index in [2.05, 4.69) is 5.32 Å². The molecule has 0 unspecified atom stereocenters. The molecule has 1 aromatic rings. The van der Waals surface area contributed by atoms with Crippen LogP contribution in [-0.4, -0.2) is 43.5 Å². The minimum atomic E-state index is -0.236. The standard InChI is InChI=1S/C14H19ClN2O3/c1-11(18)17(8-3-9-20-2)10-14(19)16-13-6-4-12(15)5-7-13/h4-7H,3,8-10H2,1-2H3,(H,16,19). The first kappa shape index (κ1) is 16.5. The van der Waals surface area contributed by atoms with Crippen molar-refractivity contribution in [1.82, 2.24) is 4.90 Å². The molecule has 0 radical (unpaired) electrons. The molecular weight excluding hydrogens is 280 g/mol. The lowest BCUT2D eigenvalue weighted by atomic mass is 10.3. The smallest absolute Gasteiger partial charge is 0.243 e. The van der Waals surface area contributed by atoms with Crippen LogP contribution in [0.3, 0.4) is 0 Å². The third kappa shape index (κ3) is 6.04. The molecule has 0 saturated heterocycles. The molecule has 0 saturated carbocycles. The first-order valence-corrected chi connectivity index (χ1v) is 6.70. The van der Waals surface area contributed by atoms with E-state index < -0.39 is 0 Å². The van der Waals surface area contributed by atoms with Crippen molar-refractivity contribution < 1.29 is 14.3 Å². The van der Waals surface area contributed by atoms with E-state index in [0.29, 0.717) is 30.3 Å². The number of amides is 2. The molecule has 0 aliphatic heterocycles. The molecule has 2 amide bonds. The topological polar surface area (TPSA) is 58.6 Å². The van der Waals surface area contributed by atoms with Crippen LogP contribution in [0.2, 0.25) is 5.02 Å². The third-order valence-corrected chi connectivity index (χ3v) is 2.94. The monoisotopic (exact) mass is 298 g/mol. The molecule has 1 aromatic carbocycles. The highest BCUT2D eigenvalue weighted by Crippen LogP contribution is 2.13. The lowest BCUT2D eigenvalue weighted by Gasteiger charge is -2.20. The summed E-state index contributed by atoms with van der Waals surface area (Å²) in [6.45, 7) is 2.53. The summed E-state index contributed by atoms with van der Waals surface area (Å²) < 4.78 is 4.93. The van der Waals surface area contributed by atoms with Crippen LogP contribution in [0.25, 0.3) is 0 Å². The summed E-state index contributed by atoms with van der Waals surface area (Å²) in [5.41, 5.74) is 0.653. The highest BCUT2D eigenvalue weighted by molar-refractivity contribution is 6.30. The minimum Gasteiger partial charge on any atom is -0.385 e. The van der Waals surface area contributed by atoms with Gasteiger partial charge in [-0.2, -0.15) is 0 Å². The second-order valence-electron chi connectivity index (χ2n) is 4.34. The van der Waals surface area contributed by atoms with Crippen LogP contribution in [0.1, 0.15) is 13.3 Å². The van der Waals surface area contributed by atoms with Gasteiger partial charge in [-0.25, -0.2) is 0 Å². The van der Waals surface area contributed by atoms with Gasteiger partial charge >= 0.3 is 0 Å². The number of anilines is 1. The summed E-state index contributed by atoms with van der Waals surface area (Å²) in [5, 5.41) is 3.33. The van der Waals surface area contributed by atoms with Crippen LogP contribution >= 0.6 is 11.6 Å². The maximum Gasteiger partial charge on any atom is 0.243 e. The van der Waals surface area contributed by atoms with Crippen LogP contribution < -0.4 is 5.32 Å². The van der Waals surface area contributed by atoms with E-state index in [9.17, 15) is 9.59 Å². The van der Waals surface area contributed by atoms with Crippen molar-refractivity contribution in [1.29, 1.82) is 0 Å². The molecule has 0 atom stereocenters. The van der Waals surface area contributed by atoms with Gasteiger partial charge in [0.1, 0.15) is 0 Å². The molecule has 20 heavy (non-hydrogen) atoms. The Bertz CT molecular complexity index is 448. The highest BCUT2D eigenvalue weighted by Gasteiger charge is 2.13. The molecule has 0 aromatic heterocycles. The number of hydrogen-bond donors (Lipinski definition) is 1. The van der Waals surface area contributed by atoms with Gasteiger partial charge in [0.25, 0.3) is 0 Å². The predicted molar refractivity (Wildman–Crippen MR) is 78.8 cm³/mol. The van der Waals surface area contributed by atoms with Crippen molar-refractivity contribution in [2.24, 2.45) is 0 Å². The Morgan fingerprint density at radius 2 is 1.95 bits per heavy atom. The van der Waals surface area contributed by atoms with Crippen molar-refractivity contribution in [3.63, 3.8) is 0 Å². The van der Waals surface area contributed by atoms with Gasteiger partial charge in [0.2, 0.25) is 11.8 Å². The fourth-order valence-corrected chi connectivity index (χ4v) is 1.78. The first-order valence-electron chi connectivity index (χ1n) is 6.33. The van der Waals surface area contributed by atoms with Gasteiger partial charge in [-0.05, 0) is 30.7 Å². The fraction of sp³-hybridized carbons (Fsp3) is 0.429. The average Bonchev–Trinajstić information content (AvgIpc) is 2.40. The van der Waals surface area contributed by atoms with Gasteiger partial charge in [-0.15, -0.1) is 0 Å². The Morgan fingerprint density at radius 1 is 1.30 bits per heavy atom. The minimum absolute atomic E-state index is 0.0294. The zero-order chi connectivity index (χ0) is 15.0. The summed E-state index contributed by atoms with van der Waals surface area (Å²) in [6, 6.07) is 6.81. The van der Waals surface area contributed by atoms with E-state index >= 15 is 0 Å². The number of carbonyl (C=O) groups is 2. The normalized spacial score (nSPS) is 10.2. The van der Waals surface area contributed by atoms with Crippen LogP contribution in [0.4, 0.5) is 5.69 Å². The van der Waals surface area contributed by atoms with E-state index in [4.69, 9.17) is 16.3 Å². The molecule has 0 aliphatic rings. The maximum atomic E-state index is 11.9. The molecule has 1 rings (SSSR count). The number of carbonyl (C=O) groups excluding carboxylic acids is 2. The summed E-state index contributed by atoms with van der Waals surface area (Å²) in [4.78, 5) is 24.8. The Morgan fingerprint density at radius 3 is 2.50 bits per heavy atom. The summed E-state index contributed by atoms with van der Waals surface area (Å²) >= 11 is 5.77. The van der Waals surface area contributed by atoms with E-state index in [1.807, 2.05) is 0 Å². The van der Waals surface area contributed by atoms with E-state index in [-0.39, 0.29) is 18.4 Å². The number of halogens is 1. The third-order valence-electron chi connectivity index (χ3n) is 2.68. The number of hydrogen-bond acceptors (Lipinski definition) is 3. The number of benzene rings is 1. The molecule has 0 fully saturated rings. The van der Waals surface area contributed by atoms with Gasteiger partial charge in [0.05, 0.1) is 6.54 Å². The van der Waals surface area contributed by atoms with E-state index in [0.717, 1.165) is 0 Å². The van der Waals surface area contributed by atoms with Crippen LogP contribution in [0.5, 0.6) is 0 Å². The molecule has 5 nitrogen and oxygen atoms in total. The fourth-order valence-electron chi connectivity index (χ4n) is 1.65. The SMILES string of the molecule is COCCCN(CC(=O)Nc1ccc(Cl)cc1)C(C)=O. The zero-order valence-corrected chi connectivity index (χ0v) is 12.4. The van der Waals surface area contributed by atoms with Crippen molar-refractivity contribution in [3.8, 4) is 0 Å². The molecule has 1 N–H and O–H groups in total. The predicted octanol–water partition coefficient (Wildman–Crippen LogP) is 2.16. The first-order chi connectivity index (χ1) is 9.52. The second kappa shape index (κ2) is 8.55. The van der Waals surface area contributed by atoms with Gasteiger partial charge in [-0.1, -0.05) is 11.6 Å². The molecule has 110 valence electrons. The molecule has 6 heteroatoms. The highest BCUT2D eigenvalue weighted by atomic mass is 35.5. The molecule has 0 heterocycles.